The molecule has 0 radical (unpaired) electrons. The van der Waals surface area contributed by atoms with Gasteiger partial charge < -0.3 is 15.2 Å². The number of unbranched alkanes of at least 4 members (excludes halogenated alkanes) is 4. The second-order valence-corrected chi connectivity index (χ2v) is 6.79. The van der Waals surface area contributed by atoms with Crippen LogP contribution in [0.3, 0.4) is 0 Å². The average Bonchev–Trinajstić information content (AvgIpc) is 3.13. The number of carbonyl (C=O) groups excluding carboxylic acids is 1. The smallest absolute Gasteiger partial charge is 0.224 e. The van der Waals surface area contributed by atoms with Crippen molar-refractivity contribution in [2.45, 2.75) is 51.9 Å². The second-order valence-electron chi connectivity index (χ2n) is 6.79. The normalized spacial score (nSPS) is 17.8. The van der Waals surface area contributed by atoms with E-state index in [4.69, 9.17) is 0 Å². The Labute approximate surface area is 148 Å². The number of amides is 1. The lowest BCUT2D eigenvalue weighted by molar-refractivity contribution is -0.125. The maximum atomic E-state index is 12.5. The third-order valence-electron chi connectivity index (χ3n) is 4.87. The number of aromatic amines is 1. The molecule has 2 N–H and O–H groups in total. The molecule has 0 bridgehead atoms. The molecular weight excluding hydrogens is 316 g/mol. The lowest BCUT2D eigenvalue weighted by atomic mass is 9.97. The highest BCUT2D eigenvalue weighted by atomic mass is 16.1. The molecule has 1 amide bonds. The molecule has 1 atom stereocenters. The van der Waals surface area contributed by atoms with E-state index in [9.17, 15) is 4.79 Å². The van der Waals surface area contributed by atoms with E-state index in [2.05, 4.69) is 37.1 Å². The summed E-state index contributed by atoms with van der Waals surface area (Å²) >= 11 is 0. The van der Waals surface area contributed by atoms with E-state index in [0.29, 0.717) is 12.2 Å². The Morgan fingerprint density at radius 3 is 3.04 bits per heavy atom. The number of hydrogen-bond acceptors (Lipinski definition) is 5. The molecule has 3 heterocycles. The van der Waals surface area contributed by atoms with Gasteiger partial charge in [-0.2, -0.15) is 0 Å². The van der Waals surface area contributed by atoms with Gasteiger partial charge in [-0.25, -0.2) is 15.0 Å². The maximum absolute atomic E-state index is 12.5. The average molecular weight is 344 g/mol. The van der Waals surface area contributed by atoms with Gasteiger partial charge in [0, 0.05) is 19.6 Å². The van der Waals surface area contributed by atoms with E-state index in [1.165, 1.54) is 25.7 Å². The number of aromatic nitrogens is 4. The number of nitrogens with one attached hydrogen (secondary N) is 2. The van der Waals surface area contributed by atoms with Crippen molar-refractivity contribution in [3.8, 4) is 0 Å². The summed E-state index contributed by atoms with van der Waals surface area (Å²) in [5.74, 6) is 1.05. The van der Waals surface area contributed by atoms with Gasteiger partial charge in [-0.1, -0.05) is 32.6 Å². The molecule has 3 rings (SSSR count). The highest BCUT2D eigenvalue weighted by Gasteiger charge is 2.27. The van der Waals surface area contributed by atoms with E-state index in [-0.39, 0.29) is 11.8 Å². The van der Waals surface area contributed by atoms with Gasteiger partial charge in [0.1, 0.15) is 11.8 Å². The first-order chi connectivity index (χ1) is 12.3. The Hall–Kier alpha value is -2.18. The Bertz CT molecular complexity index is 685. The zero-order valence-electron chi connectivity index (χ0n) is 15.0. The Kier molecular flexibility index (Phi) is 6.19. The fourth-order valence-electron chi connectivity index (χ4n) is 3.46. The highest BCUT2D eigenvalue weighted by molar-refractivity contribution is 5.84. The van der Waals surface area contributed by atoms with E-state index in [0.717, 1.165) is 43.7 Å². The van der Waals surface area contributed by atoms with Crippen molar-refractivity contribution < 1.29 is 4.79 Å². The number of carbonyl (C=O) groups is 1. The van der Waals surface area contributed by atoms with Gasteiger partial charge in [0.15, 0.2) is 11.5 Å². The molecule has 1 aliphatic rings. The molecule has 7 nitrogen and oxygen atoms in total. The number of H-pyrrole nitrogens is 1. The van der Waals surface area contributed by atoms with Crippen LogP contribution in [0.15, 0.2) is 12.7 Å². The zero-order valence-corrected chi connectivity index (χ0v) is 15.0. The topological polar surface area (TPSA) is 86.8 Å². The summed E-state index contributed by atoms with van der Waals surface area (Å²) < 4.78 is 0. The van der Waals surface area contributed by atoms with E-state index in [1.807, 2.05) is 0 Å². The molecule has 0 saturated carbocycles. The van der Waals surface area contributed by atoms with Gasteiger partial charge in [-0.05, 0) is 19.3 Å². The molecule has 136 valence electrons. The standard InChI is InChI=1S/C18H28N6O/c1-2-3-4-5-6-9-19-18(25)14-8-7-10-24(11-14)17-15-16(21-12-20-15)22-13-23-17/h12-14H,2-11H2,1H3,(H,19,25)(H,20,21,22,23)/t14-/m1/s1. The van der Waals surface area contributed by atoms with Crippen LogP contribution in [0.4, 0.5) is 5.82 Å². The Balaban J connectivity index is 1.52. The molecule has 0 aromatic carbocycles. The van der Waals surface area contributed by atoms with E-state index < -0.39 is 0 Å². The quantitative estimate of drug-likeness (QED) is 0.719. The van der Waals surface area contributed by atoms with Crippen LogP contribution in [0.25, 0.3) is 11.2 Å². The van der Waals surface area contributed by atoms with Gasteiger partial charge >= 0.3 is 0 Å². The number of rotatable bonds is 8. The van der Waals surface area contributed by atoms with Crippen LogP contribution in [0.1, 0.15) is 51.9 Å². The minimum absolute atomic E-state index is 0.0253. The monoisotopic (exact) mass is 344 g/mol. The molecule has 25 heavy (non-hydrogen) atoms. The molecule has 1 fully saturated rings. The van der Waals surface area contributed by atoms with Crippen LogP contribution in [0.2, 0.25) is 0 Å². The van der Waals surface area contributed by atoms with Gasteiger partial charge in [-0.15, -0.1) is 0 Å². The molecule has 1 aliphatic heterocycles. The summed E-state index contributed by atoms with van der Waals surface area (Å²) in [6.45, 7) is 4.61. The predicted molar refractivity (Wildman–Crippen MR) is 98.4 cm³/mol. The summed E-state index contributed by atoms with van der Waals surface area (Å²) in [5, 5.41) is 3.11. The first-order valence-corrected chi connectivity index (χ1v) is 9.46. The summed E-state index contributed by atoms with van der Waals surface area (Å²) in [7, 11) is 0. The number of piperidine rings is 1. The molecule has 0 unspecified atom stereocenters. The van der Waals surface area contributed by atoms with Crippen molar-refractivity contribution in [3.05, 3.63) is 12.7 Å². The third-order valence-corrected chi connectivity index (χ3v) is 4.87. The molecule has 0 spiro atoms. The zero-order chi connectivity index (χ0) is 17.5. The maximum Gasteiger partial charge on any atom is 0.224 e. The van der Waals surface area contributed by atoms with Crippen LogP contribution in [0.5, 0.6) is 0 Å². The van der Waals surface area contributed by atoms with Crippen LogP contribution in [-0.4, -0.2) is 45.5 Å². The number of imidazole rings is 1. The first-order valence-electron chi connectivity index (χ1n) is 9.46. The molecule has 7 heteroatoms. The van der Waals surface area contributed by atoms with Gasteiger partial charge in [0.2, 0.25) is 5.91 Å². The van der Waals surface area contributed by atoms with Crippen LogP contribution < -0.4 is 10.2 Å². The molecule has 2 aromatic heterocycles. The van der Waals surface area contributed by atoms with Crippen molar-refractivity contribution >= 4 is 22.9 Å². The molecular formula is C18H28N6O. The molecule has 0 aliphatic carbocycles. The number of nitrogens with zero attached hydrogens (tertiary/aromatic N) is 4. The molecule has 2 aromatic rings. The first kappa shape index (κ1) is 17.6. The summed E-state index contributed by atoms with van der Waals surface area (Å²) in [6, 6.07) is 0. The van der Waals surface area contributed by atoms with E-state index in [1.54, 1.807) is 12.7 Å². The van der Waals surface area contributed by atoms with Gasteiger partial charge in [0.25, 0.3) is 0 Å². The Morgan fingerprint density at radius 2 is 2.16 bits per heavy atom. The summed E-state index contributed by atoms with van der Waals surface area (Å²) in [6.07, 6.45) is 11.2. The third kappa shape index (κ3) is 4.46. The van der Waals surface area contributed by atoms with Gasteiger partial charge in [0.05, 0.1) is 12.2 Å². The fourth-order valence-corrected chi connectivity index (χ4v) is 3.46. The Morgan fingerprint density at radius 1 is 1.28 bits per heavy atom. The van der Waals surface area contributed by atoms with E-state index >= 15 is 0 Å². The van der Waals surface area contributed by atoms with Gasteiger partial charge in [-0.3, -0.25) is 4.79 Å². The number of fused-ring (bicyclic) bond motifs is 1. The fraction of sp³-hybridized carbons (Fsp3) is 0.667. The minimum atomic E-state index is 0.0253. The lowest BCUT2D eigenvalue weighted by Gasteiger charge is -2.32. The summed E-state index contributed by atoms with van der Waals surface area (Å²) in [5.41, 5.74) is 1.52. The highest BCUT2D eigenvalue weighted by Crippen LogP contribution is 2.25. The van der Waals surface area contributed by atoms with Crippen molar-refractivity contribution in [2.75, 3.05) is 24.5 Å². The van der Waals surface area contributed by atoms with Crippen LogP contribution in [-0.2, 0) is 4.79 Å². The number of anilines is 1. The minimum Gasteiger partial charge on any atom is -0.356 e. The van der Waals surface area contributed by atoms with Crippen molar-refractivity contribution in [3.63, 3.8) is 0 Å². The molecule has 1 saturated heterocycles. The lowest BCUT2D eigenvalue weighted by Crippen LogP contribution is -2.43. The second kappa shape index (κ2) is 8.78. The number of hydrogen-bond donors (Lipinski definition) is 2. The van der Waals surface area contributed by atoms with Crippen LogP contribution >= 0.6 is 0 Å². The van der Waals surface area contributed by atoms with Crippen molar-refractivity contribution in [1.29, 1.82) is 0 Å². The largest absolute Gasteiger partial charge is 0.356 e. The predicted octanol–water partition coefficient (Wildman–Crippen LogP) is 2.66. The van der Waals surface area contributed by atoms with Crippen LogP contribution in [0, 0.1) is 5.92 Å². The van der Waals surface area contributed by atoms with Crippen molar-refractivity contribution in [2.24, 2.45) is 5.92 Å². The summed E-state index contributed by atoms with van der Waals surface area (Å²) in [4.78, 5) is 30.5. The SMILES string of the molecule is CCCCCCCNC(=O)[C@@H]1CCCN(c2ncnc3nc[nH]c23)C1. The van der Waals surface area contributed by atoms with Crippen molar-refractivity contribution in [1.82, 2.24) is 25.3 Å².